The Morgan fingerprint density at radius 1 is 1.17 bits per heavy atom. The standard InChI is InChI=1S/C22H21N3O4/c23-11-15-9-14(1-2-19(15)29-16-4-7-27-8-5-16)17-3-6-24-21-18(17)10-20(25-21)22(26)12-28-13-22/h1-3,6,9-10,16,26H,4-5,7-8,12-13H2,(H,24,25). The average molecular weight is 391 g/mol. The zero-order valence-electron chi connectivity index (χ0n) is 15.9. The van der Waals surface area contributed by atoms with Crippen molar-refractivity contribution >= 4 is 11.0 Å². The molecule has 5 rings (SSSR count). The van der Waals surface area contributed by atoms with Gasteiger partial charge >= 0.3 is 0 Å². The maximum atomic E-state index is 10.6. The van der Waals surface area contributed by atoms with Gasteiger partial charge in [-0.1, -0.05) is 6.07 Å². The van der Waals surface area contributed by atoms with Gasteiger partial charge < -0.3 is 24.3 Å². The lowest BCUT2D eigenvalue weighted by Gasteiger charge is -2.35. The Kier molecular flexibility index (Phi) is 4.47. The summed E-state index contributed by atoms with van der Waals surface area (Å²) in [7, 11) is 0. The minimum atomic E-state index is -0.989. The monoisotopic (exact) mass is 391 g/mol. The Morgan fingerprint density at radius 3 is 2.72 bits per heavy atom. The van der Waals surface area contributed by atoms with Crippen LogP contribution in [-0.4, -0.2) is 47.6 Å². The van der Waals surface area contributed by atoms with Gasteiger partial charge in [0.25, 0.3) is 0 Å². The van der Waals surface area contributed by atoms with Gasteiger partial charge in [-0.25, -0.2) is 4.98 Å². The van der Waals surface area contributed by atoms with Crippen molar-refractivity contribution in [3.63, 3.8) is 0 Å². The number of ether oxygens (including phenoxy) is 3. The number of hydrogen-bond donors (Lipinski definition) is 2. The van der Waals surface area contributed by atoms with Crippen LogP contribution in [0.15, 0.2) is 36.5 Å². The van der Waals surface area contributed by atoms with Crippen molar-refractivity contribution in [2.24, 2.45) is 0 Å². The molecule has 7 nitrogen and oxygen atoms in total. The van der Waals surface area contributed by atoms with Crippen molar-refractivity contribution in [1.82, 2.24) is 9.97 Å². The van der Waals surface area contributed by atoms with Crippen molar-refractivity contribution in [3.8, 4) is 22.9 Å². The van der Waals surface area contributed by atoms with E-state index >= 15 is 0 Å². The number of aromatic amines is 1. The average Bonchev–Trinajstić information content (AvgIpc) is 3.18. The van der Waals surface area contributed by atoms with E-state index in [1.807, 2.05) is 30.3 Å². The molecule has 2 aliphatic heterocycles. The van der Waals surface area contributed by atoms with Crippen LogP contribution in [0.25, 0.3) is 22.2 Å². The number of nitriles is 1. The number of nitrogens with one attached hydrogen (secondary N) is 1. The second-order valence-electron chi connectivity index (χ2n) is 7.58. The molecule has 29 heavy (non-hydrogen) atoms. The number of rotatable bonds is 4. The van der Waals surface area contributed by atoms with Gasteiger partial charge in [0.15, 0.2) is 5.60 Å². The lowest BCUT2D eigenvalue weighted by atomic mass is 9.96. The van der Waals surface area contributed by atoms with Crippen LogP contribution in [0.3, 0.4) is 0 Å². The fourth-order valence-electron chi connectivity index (χ4n) is 3.84. The maximum absolute atomic E-state index is 10.6. The highest BCUT2D eigenvalue weighted by atomic mass is 16.5. The molecule has 1 aromatic carbocycles. The van der Waals surface area contributed by atoms with E-state index in [1.165, 1.54) is 0 Å². The highest BCUT2D eigenvalue weighted by Gasteiger charge is 2.39. The van der Waals surface area contributed by atoms with Crippen LogP contribution < -0.4 is 4.74 Å². The highest BCUT2D eigenvalue weighted by molar-refractivity contribution is 5.94. The minimum Gasteiger partial charge on any atom is -0.489 e. The molecule has 148 valence electrons. The molecule has 4 heterocycles. The van der Waals surface area contributed by atoms with Gasteiger partial charge in [0, 0.05) is 24.4 Å². The number of nitrogens with zero attached hydrogens (tertiary/aromatic N) is 2. The number of pyridine rings is 1. The first-order valence-electron chi connectivity index (χ1n) is 9.73. The summed E-state index contributed by atoms with van der Waals surface area (Å²) in [6.07, 6.45) is 3.46. The van der Waals surface area contributed by atoms with E-state index < -0.39 is 5.60 Å². The molecule has 2 aromatic heterocycles. The summed E-state index contributed by atoms with van der Waals surface area (Å²) in [5.74, 6) is 0.601. The Hall–Kier alpha value is -2.92. The lowest BCUT2D eigenvalue weighted by Crippen LogP contribution is -2.46. The van der Waals surface area contributed by atoms with Gasteiger partial charge in [-0.05, 0) is 35.4 Å². The molecule has 2 saturated heterocycles. The SMILES string of the molecule is N#Cc1cc(-c2ccnc3[nH]c(C4(O)COC4)cc23)ccc1OC1CCOCC1. The van der Waals surface area contributed by atoms with E-state index in [1.54, 1.807) is 6.20 Å². The molecule has 0 spiro atoms. The quantitative estimate of drug-likeness (QED) is 0.709. The second-order valence-corrected chi connectivity index (χ2v) is 7.58. The van der Waals surface area contributed by atoms with Crippen molar-refractivity contribution in [3.05, 3.63) is 47.8 Å². The number of aromatic nitrogens is 2. The third-order valence-electron chi connectivity index (χ3n) is 5.59. The summed E-state index contributed by atoms with van der Waals surface area (Å²) in [6.45, 7) is 1.91. The molecule has 2 fully saturated rings. The van der Waals surface area contributed by atoms with Crippen molar-refractivity contribution < 1.29 is 19.3 Å². The van der Waals surface area contributed by atoms with Gasteiger partial charge in [-0.15, -0.1) is 0 Å². The number of benzene rings is 1. The molecule has 0 aliphatic carbocycles. The van der Waals surface area contributed by atoms with E-state index in [9.17, 15) is 10.4 Å². The largest absolute Gasteiger partial charge is 0.489 e. The predicted octanol–water partition coefficient (Wildman–Crippen LogP) is 2.88. The minimum absolute atomic E-state index is 0.0759. The Labute approximate surface area is 167 Å². The van der Waals surface area contributed by atoms with Crippen LogP contribution in [-0.2, 0) is 15.1 Å². The molecule has 7 heteroatoms. The Bertz CT molecular complexity index is 1090. The predicted molar refractivity (Wildman–Crippen MR) is 105 cm³/mol. The first-order chi connectivity index (χ1) is 14.2. The van der Waals surface area contributed by atoms with Crippen molar-refractivity contribution in [1.29, 1.82) is 5.26 Å². The normalized spacial score (nSPS) is 18.9. The summed E-state index contributed by atoms with van der Waals surface area (Å²) >= 11 is 0. The zero-order chi connectivity index (χ0) is 19.8. The van der Waals surface area contributed by atoms with Crippen LogP contribution in [0.2, 0.25) is 0 Å². The molecule has 2 N–H and O–H groups in total. The van der Waals surface area contributed by atoms with Gasteiger partial charge in [0.1, 0.15) is 23.6 Å². The van der Waals surface area contributed by atoms with Crippen LogP contribution >= 0.6 is 0 Å². The smallest absolute Gasteiger partial charge is 0.151 e. The second kappa shape index (κ2) is 7.16. The lowest BCUT2D eigenvalue weighted by molar-refractivity contribution is -0.186. The van der Waals surface area contributed by atoms with Crippen LogP contribution in [0.4, 0.5) is 0 Å². The zero-order valence-corrected chi connectivity index (χ0v) is 15.9. The molecule has 0 bridgehead atoms. The third-order valence-corrected chi connectivity index (χ3v) is 5.59. The summed E-state index contributed by atoms with van der Waals surface area (Å²) in [4.78, 5) is 7.59. The van der Waals surface area contributed by atoms with E-state index in [0.29, 0.717) is 35.9 Å². The molecule has 2 aliphatic rings. The van der Waals surface area contributed by atoms with E-state index in [4.69, 9.17) is 14.2 Å². The third kappa shape index (κ3) is 3.25. The van der Waals surface area contributed by atoms with E-state index in [-0.39, 0.29) is 19.3 Å². The van der Waals surface area contributed by atoms with Crippen molar-refractivity contribution in [2.45, 2.75) is 24.5 Å². The molecule has 0 atom stereocenters. The summed E-state index contributed by atoms with van der Waals surface area (Å²) in [5, 5.41) is 21.1. The molecule has 0 unspecified atom stereocenters. The molecular formula is C22H21N3O4. The molecule has 0 amide bonds. The van der Waals surface area contributed by atoms with Gasteiger partial charge in [-0.3, -0.25) is 0 Å². The van der Waals surface area contributed by atoms with Crippen LogP contribution in [0.5, 0.6) is 5.75 Å². The van der Waals surface area contributed by atoms with E-state index in [2.05, 4.69) is 16.0 Å². The van der Waals surface area contributed by atoms with Gasteiger partial charge in [-0.2, -0.15) is 5.26 Å². The fraction of sp³-hybridized carbons (Fsp3) is 0.364. The fourth-order valence-corrected chi connectivity index (χ4v) is 3.84. The molecule has 0 saturated carbocycles. The number of H-pyrrole nitrogens is 1. The van der Waals surface area contributed by atoms with Gasteiger partial charge in [0.05, 0.1) is 37.7 Å². The first kappa shape index (κ1) is 18.1. The summed E-state index contributed by atoms with van der Waals surface area (Å²) in [6, 6.07) is 11.7. The molecule has 0 radical (unpaired) electrons. The first-order valence-corrected chi connectivity index (χ1v) is 9.73. The van der Waals surface area contributed by atoms with Crippen LogP contribution in [0, 0.1) is 11.3 Å². The Balaban J connectivity index is 1.50. The highest BCUT2D eigenvalue weighted by Crippen LogP contribution is 2.36. The van der Waals surface area contributed by atoms with E-state index in [0.717, 1.165) is 29.4 Å². The number of hydrogen-bond acceptors (Lipinski definition) is 6. The maximum Gasteiger partial charge on any atom is 0.151 e. The molecular weight excluding hydrogens is 370 g/mol. The Morgan fingerprint density at radius 2 is 2.00 bits per heavy atom. The topological polar surface area (TPSA) is 100 Å². The summed E-state index contributed by atoms with van der Waals surface area (Å²) in [5.41, 5.74) is 2.74. The number of aliphatic hydroxyl groups is 1. The summed E-state index contributed by atoms with van der Waals surface area (Å²) < 4.78 is 16.6. The molecule has 3 aromatic rings. The van der Waals surface area contributed by atoms with Gasteiger partial charge in [0.2, 0.25) is 0 Å². The van der Waals surface area contributed by atoms with Crippen molar-refractivity contribution in [2.75, 3.05) is 26.4 Å². The number of fused-ring (bicyclic) bond motifs is 1. The van der Waals surface area contributed by atoms with Crippen LogP contribution in [0.1, 0.15) is 24.1 Å².